The van der Waals surface area contributed by atoms with Gasteiger partial charge in [-0.25, -0.2) is 0 Å². The van der Waals surface area contributed by atoms with Crippen LogP contribution >= 0.6 is 11.3 Å². The van der Waals surface area contributed by atoms with Crippen LogP contribution in [0.3, 0.4) is 0 Å². The van der Waals surface area contributed by atoms with Gasteiger partial charge in [0.1, 0.15) is 6.04 Å². The van der Waals surface area contributed by atoms with Crippen molar-refractivity contribution in [2.45, 2.75) is 31.6 Å². The molecule has 27 heavy (non-hydrogen) atoms. The summed E-state index contributed by atoms with van der Waals surface area (Å²) < 4.78 is 35.0. The van der Waals surface area contributed by atoms with E-state index in [1.54, 1.807) is 17.0 Å². The first-order valence-corrected chi connectivity index (χ1v) is 9.36. The molecule has 0 spiro atoms. The molecule has 0 aliphatic carbocycles. The maximum Gasteiger partial charge on any atom is 0.586 e. The maximum atomic E-state index is 13.1. The van der Waals surface area contributed by atoms with Gasteiger partial charge in [-0.1, -0.05) is 6.07 Å². The first-order valence-electron chi connectivity index (χ1n) is 8.48. The van der Waals surface area contributed by atoms with E-state index in [0.29, 0.717) is 23.5 Å². The molecule has 2 aliphatic rings. The van der Waals surface area contributed by atoms with Crippen LogP contribution in [0.15, 0.2) is 35.7 Å². The summed E-state index contributed by atoms with van der Waals surface area (Å²) in [5.41, 5.74) is 0.300. The van der Waals surface area contributed by atoms with Crippen molar-refractivity contribution in [3.05, 3.63) is 40.6 Å². The molecule has 6 nitrogen and oxygen atoms in total. The highest BCUT2D eigenvalue weighted by molar-refractivity contribution is 7.12. The van der Waals surface area contributed by atoms with Gasteiger partial charge in [0.2, 0.25) is 5.91 Å². The van der Waals surface area contributed by atoms with E-state index in [1.807, 2.05) is 5.38 Å². The molecule has 2 aromatic rings. The van der Waals surface area contributed by atoms with Crippen LogP contribution in [-0.4, -0.2) is 35.6 Å². The number of likely N-dealkylation sites (tertiary alicyclic amines) is 1. The molecule has 0 radical (unpaired) electrons. The van der Waals surface area contributed by atoms with E-state index in [2.05, 4.69) is 14.8 Å². The first kappa shape index (κ1) is 17.7. The highest BCUT2D eigenvalue weighted by Crippen LogP contribution is 2.42. The molecular formula is C18H16F2N2O4S. The Kier molecular flexibility index (Phi) is 4.47. The number of halogens is 2. The predicted molar refractivity (Wildman–Crippen MR) is 94.3 cm³/mol. The normalized spacial score (nSPS) is 20.4. The molecular weight excluding hydrogens is 378 g/mol. The van der Waals surface area contributed by atoms with Crippen LogP contribution in [0.2, 0.25) is 0 Å². The van der Waals surface area contributed by atoms with Crippen molar-refractivity contribution in [1.82, 2.24) is 4.90 Å². The predicted octanol–water partition coefficient (Wildman–Crippen LogP) is 3.70. The number of piperidine rings is 1. The lowest BCUT2D eigenvalue weighted by Crippen LogP contribution is -2.49. The molecule has 142 valence electrons. The first-order chi connectivity index (χ1) is 12.9. The number of thiophene rings is 1. The summed E-state index contributed by atoms with van der Waals surface area (Å²) in [5, 5.41) is 4.50. The summed E-state index contributed by atoms with van der Waals surface area (Å²) in [6.07, 6.45) is -1.50. The Labute approximate surface area is 157 Å². The lowest BCUT2D eigenvalue weighted by atomic mass is 10.0. The molecule has 2 aliphatic heterocycles. The zero-order valence-electron chi connectivity index (χ0n) is 14.1. The van der Waals surface area contributed by atoms with Crippen molar-refractivity contribution in [3.63, 3.8) is 0 Å². The third-order valence-electron chi connectivity index (χ3n) is 4.47. The van der Waals surface area contributed by atoms with Gasteiger partial charge in [0.05, 0.1) is 4.88 Å². The number of alkyl halides is 2. The number of rotatable bonds is 3. The van der Waals surface area contributed by atoms with Crippen LogP contribution in [-0.2, 0) is 4.79 Å². The van der Waals surface area contributed by atoms with Crippen molar-refractivity contribution < 1.29 is 27.8 Å². The molecule has 3 heterocycles. The summed E-state index contributed by atoms with van der Waals surface area (Å²) in [7, 11) is 0. The van der Waals surface area contributed by atoms with E-state index in [-0.39, 0.29) is 23.3 Å². The minimum absolute atomic E-state index is 0.0924. The fourth-order valence-electron chi connectivity index (χ4n) is 3.24. The van der Waals surface area contributed by atoms with Gasteiger partial charge in [0.15, 0.2) is 11.5 Å². The molecule has 1 aromatic heterocycles. The van der Waals surface area contributed by atoms with Gasteiger partial charge in [-0.05, 0) is 42.8 Å². The molecule has 1 aromatic carbocycles. The topological polar surface area (TPSA) is 67.9 Å². The van der Waals surface area contributed by atoms with Crippen LogP contribution in [0.4, 0.5) is 14.5 Å². The molecule has 1 N–H and O–H groups in total. The lowest BCUT2D eigenvalue weighted by Gasteiger charge is -2.34. The Morgan fingerprint density at radius 3 is 2.78 bits per heavy atom. The van der Waals surface area contributed by atoms with Crippen LogP contribution in [0.5, 0.6) is 11.5 Å². The Hall–Kier alpha value is -2.68. The molecule has 4 rings (SSSR count). The number of carbonyl (C=O) groups is 2. The second kappa shape index (κ2) is 6.80. The van der Waals surface area contributed by atoms with Gasteiger partial charge in [-0.2, -0.15) is 0 Å². The maximum absolute atomic E-state index is 13.1. The molecule has 0 bridgehead atoms. The largest absolute Gasteiger partial charge is 0.586 e. The number of fused-ring (bicyclic) bond motifs is 1. The van der Waals surface area contributed by atoms with Crippen LogP contribution < -0.4 is 14.8 Å². The number of hydrogen-bond donors (Lipinski definition) is 1. The second-order valence-corrected chi connectivity index (χ2v) is 7.25. The van der Waals surface area contributed by atoms with Crippen LogP contribution in [0.25, 0.3) is 0 Å². The second-order valence-electron chi connectivity index (χ2n) is 6.31. The summed E-state index contributed by atoms with van der Waals surface area (Å²) in [6, 6.07) is 6.95. The fraction of sp³-hybridized carbons (Fsp3) is 0.333. The van der Waals surface area contributed by atoms with Gasteiger partial charge in [0.25, 0.3) is 5.91 Å². The average molecular weight is 394 g/mol. The summed E-state index contributed by atoms with van der Waals surface area (Å²) in [4.78, 5) is 27.6. The van der Waals surface area contributed by atoms with E-state index in [0.717, 1.165) is 12.8 Å². The highest BCUT2D eigenvalue weighted by Gasteiger charge is 2.43. The van der Waals surface area contributed by atoms with Crippen molar-refractivity contribution in [3.8, 4) is 11.5 Å². The van der Waals surface area contributed by atoms with E-state index >= 15 is 0 Å². The fourth-order valence-corrected chi connectivity index (χ4v) is 3.92. The van der Waals surface area contributed by atoms with Crippen LogP contribution in [0.1, 0.15) is 28.9 Å². The molecule has 1 atom stereocenters. The monoisotopic (exact) mass is 394 g/mol. The smallest absolute Gasteiger partial charge is 0.395 e. The van der Waals surface area contributed by atoms with Crippen molar-refractivity contribution >= 4 is 28.8 Å². The van der Waals surface area contributed by atoms with Gasteiger partial charge < -0.3 is 19.7 Å². The van der Waals surface area contributed by atoms with Crippen molar-refractivity contribution in [2.24, 2.45) is 0 Å². The molecule has 0 unspecified atom stereocenters. The standard InChI is InChI=1S/C18H16F2N2O4S/c19-18(20)25-13-7-6-11(10-14(13)26-18)21-16(23)12-4-1-2-8-22(12)17(24)15-5-3-9-27-15/h3,5-7,9-10,12H,1-2,4,8H2,(H,21,23)/t12-/m0/s1. The third kappa shape index (κ3) is 3.59. The number of carbonyl (C=O) groups excluding carboxylic acids is 2. The Balaban J connectivity index is 1.49. The Morgan fingerprint density at radius 2 is 2.00 bits per heavy atom. The summed E-state index contributed by atoms with van der Waals surface area (Å²) in [5.74, 6) is -0.765. The number of amides is 2. The quantitative estimate of drug-likeness (QED) is 0.862. The lowest BCUT2D eigenvalue weighted by molar-refractivity contribution is -0.286. The van der Waals surface area contributed by atoms with Gasteiger partial charge in [-0.15, -0.1) is 20.1 Å². The summed E-state index contributed by atoms with van der Waals surface area (Å²) >= 11 is 1.33. The minimum atomic E-state index is -3.71. The third-order valence-corrected chi connectivity index (χ3v) is 5.32. The number of hydrogen-bond acceptors (Lipinski definition) is 5. The average Bonchev–Trinajstić information content (AvgIpc) is 3.27. The number of nitrogens with one attached hydrogen (secondary N) is 1. The van der Waals surface area contributed by atoms with Gasteiger partial charge in [0, 0.05) is 18.3 Å². The van der Waals surface area contributed by atoms with E-state index in [1.165, 1.54) is 29.5 Å². The SMILES string of the molecule is O=C(Nc1ccc2c(c1)OC(F)(F)O2)[C@@H]1CCCCN1C(=O)c1cccs1. The Bertz CT molecular complexity index is 872. The zero-order valence-corrected chi connectivity index (χ0v) is 14.9. The minimum Gasteiger partial charge on any atom is -0.395 e. The Morgan fingerprint density at radius 1 is 1.19 bits per heavy atom. The number of anilines is 1. The van der Waals surface area contributed by atoms with Crippen molar-refractivity contribution in [1.29, 1.82) is 0 Å². The number of benzene rings is 1. The van der Waals surface area contributed by atoms with E-state index in [9.17, 15) is 18.4 Å². The molecule has 1 saturated heterocycles. The van der Waals surface area contributed by atoms with E-state index in [4.69, 9.17) is 0 Å². The van der Waals surface area contributed by atoms with Gasteiger partial charge >= 0.3 is 6.29 Å². The molecule has 0 saturated carbocycles. The zero-order chi connectivity index (χ0) is 19.0. The highest BCUT2D eigenvalue weighted by atomic mass is 32.1. The van der Waals surface area contributed by atoms with E-state index < -0.39 is 12.3 Å². The molecule has 2 amide bonds. The van der Waals surface area contributed by atoms with Crippen molar-refractivity contribution in [2.75, 3.05) is 11.9 Å². The summed E-state index contributed by atoms with van der Waals surface area (Å²) in [6.45, 7) is 0.502. The number of ether oxygens (including phenoxy) is 2. The van der Waals surface area contributed by atoms with Crippen LogP contribution in [0, 0.1) is 0 Å². The number of nitrogens with zero attached hydrogens (tertiary/aromatic N) is 1. The van der Waals surface area contributed by atoms with Gasteiger partial charge in [-0.3, -0.25) is 9.59 Å². The molecule has 9 heteroatoms. The molecule has 1 fully saturated rings.